The van der Waals surface area contributed by atoms with Gasteiger partial charge in [0, 0.05) is 28.1 Å². The van der Waals surface area contributed by atoms with E-state index in [9.17, 15) is 4.79 Å². The summed E-state index contributed by atoms with van der Waals surface area (Å²) in [5.41, 5.74) is 7.24. The van der Waals surface area contributed by atoms with Gasteiger partial charge in [-0.3, -0.25) is 9.78 Å². The van der Waals surface area contributed by atoms with Gasteiger partial charge < -0.3 is 11.1 Å². The molecule has 0 spiro atoms. The average molecular weight is 310 g/mol. The molecule has 0 aliphatic heterocycles. The van der Waals surface area contributed by atoms with Crippen molar-refractivity contribution < 1.29 is 4.79 Å². The summed E-state index contributed by atoms with van der Waals surface area (Å²) >= 11 is 12.0. The predicted octanol–water partition coefficient (Wildman–Crippen LogP) is 3.46. The molecule has 2 aromatic rings. The largest absolute Gasteiger partial charge is 0.398 e. The number of halogens is 2. The number of aromatic nitrogens is 1. The van der Waals surface area contributed by atoms with Gasteiger partial charge in [0.2, 0.25) is 0 Å². The third kappa shape index (κ3) is 3.21. The van der Waals surface area contributed by atoms with Gasteiger partial charge in [0.05, 0.1) is 11.6 Å². The van der Waals surface area contributed by atoms with Crippen LogP contribution in [0.25, 0.3) is 0 Å². The number of nitrogen functional groups attached to an aromatic ring is 1. The number of anilines is 1. The van der Waals surface area contributed by atoms with E-state index in [4.69, 9.17) is 28.9 Å². The molecular weight excluding hydrogens is 297 g/mol. The lowest BCUT2D eigenvalue weighted by atomic mass is 10.1. The van der Waals surface area contributed by atoms with E-state index in [1.54, 1.807) is 24.3 Å². The molecule has 2 rings (SSSR count). The number of nitrogens with zero attached hydrogens (tertiary/aromatic N) is 1. The summed E-state index contributed by atoms with van der Waals surface area (Å²) in [6.07, 6.45) is 2.96. The molecule has 3 N–H and O–H groups in total. The monoisotopic (exact) mass is 309 g/mol. The van der Waals surface area contributed by atoms with E-state index in [2.05, 4.69) is 10.3 Å². The minimum atomic E-state index is -0.297. The first-order chi connectivity index (χ1) is 9.49. The number of pyridine rings is 1. The van der Waals surface area contributed by atoms with Gasteiger partial charge in [-0.25, -0.2) is 0 Å². The van der Waals surface area contributed by atoms with Crippen LogP contribution in [0.1, 0.15) is 28.9 Å². The van der Waals surface area contributed by atoms with Crippen molar-refractivity contribution in [2.24, 2.45) is 0 Å². The van der Waals surface area contributed by atoms with E-state index in [0.717, 1.165) is 5.56 Å². The minimum Gasteiger partial charge on any atom is -0.398 e. The Morgan fingerprint density at radius 3 is 2.75 bits per heavy atom. The van der Waals surface area contributed by atoms with Gasteiger partial charge in [-0.15, -0.1) is 0 Å². The summed E-state index contributed by atoms with van der Waals surface area (Å²) < 4.78 is 0. The maximum Gasteiger partial charge on any atom is 0.255 e. The number of carbonyl (C=O) groups excluding carboxylic acids is 1. The molecular formula is C14H13Cl2N3O. The van der Waals surface area contributed by atoms with Gasteiger partial charge in [0.15, 0.2) is 0 Å². The van der Waals surface area contributed by atoms with Crippen LogP contribution in [0.15, 0.2) is 36.7 Å². The molecule has 4 nitrogen and oxygen atoms in total. The van der Waals surface area contributed by atoms with E-state index in [1.165, 1.54) is 12.4 Å². The molecule has 0 saturated heterocycles. The van der Waals surface area contributed by atoms with Crippen LogP contribution in [-0.4, -0.2) is 10.9 Å². The van der Waals surface area contributed by atoms with Crippen LogP contribution < -0.4 is 11.1 Å². The van der Waals surface area contributed by atoms with Crippen LogP contribution in [0.2, 0.25) is 10.0 Å². The summed E-state index contributed by atoms with van der Waals surface area (Å²) in [4.78, 5) is 16.0. The first-order valence-corrected chi connectivity index (χ1v) is 6.70. The molecule has 0 aliphatic rings. The van der Waals surface area contributed by atoms with Crippen LogP contribution in [0.3, 0.4) is 0 Å². The van der Waals surface area contributed by atoms with Gasteiger partial charge in [-0.05, 0) is 30.7 Å². The van der Waals surface area contributed by atoms with Crippen molar-refractivity contribution in [2.75, 3.05) is 5.73 Å². The second-order valence-electron chi connectivity index (χ2n) is 4.32. The molecule has 0 bridgehead atoms. The third-order valence-corrected chi connectivity index (χ3v) is 3.44. The van der Waals surface area contributed by atoms with Gasteiger partial charge in [-0.1, -0.05) is 29.3 Å². The van der Waals surface area contributed by atoms with E-state index in [1.807, 2.05) is 6.92 Å². The standard InChI is InChI=1S/C14H13Cl2N3O/c1-8(10-3-2-9(15)6-12(10)16)19-14(20)11-7-18-5-4-13(11)17/h2-8H,1H3,(H2,17,18)(H,19,20). The number of hydrogen-bond donors (Lipinski definition) is 2. The normalized spacial score (nSPS) is 11.9. The number of rotatable bonds is 3. The Hall–Kier alpha value is -1.78. The molecule has 6 heteroatoms. The zero-order chi connectivity index (χ0) is 14.7. The number of hydrogen-bond acceptors (Lipinski definition) is 3. The van der Waals surface area contributed by atoms with Gasteiger partial charge >= 0.3 is 0 Å². The van der Waals surface area contributed by atoms with Crippen LogP contribution in [-0.2, 0) is 0 Å². The van der Waals surface area contributed by atoms with Gasteiger partial charge in [0.1, 0.15) is 0 Å². The molecule has 0 fully saturated rings. The van der Waals surface area contributed by atoms with Crippen LogP contribution in [0.5, 0.6) is 0 Å². The fraction of sp³-hybridized carbons (Fsp3) is 0.143. The lowest BCUT2D eigenvalue weighted by Gasteiger charge is -2.16. The quantitative estimate of drug-likeness (QED) is 0.912. The number of amides is 1. The topological polar surface area (TPSA) is 68.0 Å². The molecule has 0 radical (unpaired) electrons. The highest BCUT2D eigenvalue weighted by molar-refractivity contribution is 6.35. The van der Waals surface area contributed by atoms with Crippen molar-refractivity contribution in [3.63, 3.8) is 0 Å². The minimum absolute atomic E-state index is 0.271. The summed E-state index contributed by atoms with van der Waals surface area (Å²) in [6.45, 7) is 1.83. The Kier molecular flexibility index (Phi) is 4.47. The highest BCUT2D eigenvalue weighted by Gasteiger charge is 2.16. The van der Waals surface area contributed by atoms with Gasteiger partial charge in [-0.2, -0.15) is 0 Å². The van der Waals surface area contributed by atoms with E-state index in [0.29, 0.717) is 21.3 Å². The first kappa shape index (κ1) is 14.6. The first-order valence-electron chi connectivity index (χ1n) is 5.94. The zero-order valence-corrected chi connectivity index (χ0v) is 12.2. The maximum absolute atomic E-state index is 12.1. The Bertz CT molecular complexity index is 646. The van der Waals surface area contributed by atoms with Crippen molar-refractivity contribution in [3.8, 4) is 0 Å². The van der Waals surface area contributed by atoms with E-state index >= 15 is 0 Å². The lowest BCUT2D eigenvalue weighted by Crippen LogP contribution is -2.27. The Labute approximate surface area is 126 Å². The number of nitrogens with two attached hydrogens (primary N) is 1. The Balaban J connectivity index is 2.17. The molecule has 1 heterocycles. The molecule has 0 saturated carbocycles. The molecule has 1 aromatic heterocycles. The van der Waals surface area contributed by atoms with Crippen molar-refractivity contribution in [1.82, 2.24) is 10.3 Å². The summed E-state index contributed by atoms with van der Waals surface area (Å²) in [7, 11) is 0. The summed E-state index contributed by atoms with van der Waals surface area (Å²) in [5.74, 6) is -0.297. The average Bonchev–Trinajstić information content (AvgIpc) is 2.38. The SMILES string of the molecule is CC(NC(=O)c1cnccc1N)c1ccc(Cl)cc1Cl. The third-order valence-electron chi connectivity index (χ3n) is 2.88. The molecule has 104 valence electrons. The highest BCUT2D eigenvalue weighted by Crippen LogP contribution is 2.26. The predicted molar refractivity (Wildman–Crippen MR) is 81.0 cm³/mol. The fourth-order valence-corrected chi connectivity index (χ4v) is 2.37. The summed E-state index contributed by atoms with van der Waals surface area (Å²) in [6, 6.07) is 6.45. The van der Waals surface area contributed by atoms with Crippen LogP contribution >= 0.6 is 23.2 Å². The molecule has 20 heavy (non-hydrogen) atoms. The molecule has 1 unspecified atom stereocenters. The molecule has 1 aromatic carbocycles. The van der Waals surface area contributed by atoms with Crippen molar-refractivity contribution >= 4 is 34.8 Å². The maximum atomic E-state index is 12.1. The van der Waals surface area contributed by atoms with Crippen LogP contribution in [0, 0.1) is 0 Å². The highest BCUT2D eigenvalue weighted by atomic mass is 35.5. The smallest absolute Gasteiger partial charge is 0.255 e. The zero-order valence-electron chi connectivity index (χ0n) is 10.7. The van der Waals surface area contributed by atoms with E-state index in [-0.39, 0.29) is 11.9 Å². The van der Waals surface area contributed by atoms with Gasteiger partial charge in [0.25, 0.3) is 5.91 Å². The lowest BCUT2D eigenvalue weighted by molar-refractivity contribution is 0.0940. The molecule has 1 amide bonds. The molecule has 0 aliphatic carbocycles. The van der Waals surface area contributed by atoms with Crippen molar-refractivity contribution in [1.29, 1.82) is 0 Å². The van der Waals surface area contributed by atoms with Crippen molar-refractivity contribution in [2.45, 2.75) is 13.0 Å². The Morgan fingerprint density at radius 2 is 2.10 bits per heavy atom. The second-order valence-corrected chi connectivity index (χ2v) is 5.17. The summed E-state index contributed by atoms with van der Waals surface area (Å²) in [5, 5.41) is 3.88. The van der Waals surface area contributed by atoms with E-state index < -0.39 is 0 Å². The second kappa shape index (κ2) is 6.11. The number of carbonyl (C=O) groups is 1. The molecule has 1 atom stereocenters. The van der Waals surface area contributed by atoms with Crippen LogP contribution in [0.4, 0.5) is 5.69 Å². The van der Waals surface area contributed by atoms with Crippen molar-refractivity contribution in [3.05, 3.63) is 57.8 Å². The number of nitrogens with one attached hydrogen (secondary N) is 1. The fourth-order valence-electron chi connectivity index (χ4n) is 1.80. The number of benzene rings is 1. The Morgan fingerprint density at radius 1 is 1.35 bits per heavy atom.